The van der Waals surface area contributed by atoms with Crippen LogP contribution in [0.2, 0.25) is 0 Å². The van der Waals surface area contributed by atoms with Crippen molar-refractivity contribution >= 4 is 33.6 Å². The Morgan fingerprint density at radius 2 is 1.44 bits per heavy atom. The van der Waals surface area contributed by atoms with E-state index in [0.717, 1.165) is 59.4 Å². The maximum atomic E-state index is 7.14. The molecular weight excluding hydrogens is 693 g/mol. The predicted octanol–water partition coefficient (Wildman–Crippen LogP) is 12.5. The molecular formula is C53H48N4. The zero-order valence-electron chi connectivity index (χ0n) is 32.5. The van der Waals surface area contributed by atoms with Crippen LogP contribution in [0.5, 0.6) is 0 Å². The Labute approximate surface area is 335 Å². The van der Waals surface area contributed by atoms with E-state index in [4.69, 9.17) is 5.73 Å². The number of nitrogens with one attached hydrogen (secondary N) is 1. The van der Waals surface area contributed by atoms with Crippen molar-refractivity contribution in [2.24, 2.45) is 5.73 Å². The molecule has 0 aliphatic heterocycles. The normalized spacial score (nSPS) is 13.5. The molecule has 0 saturated carbocycles. The molecule has 0 bridgehead atoms. The van der Waals surface area contributed by atoms with Crippen LogP contribution in [0.1, 0.15) is 59.4 Å². The van der Waals surface area contributed by atoms with Crippen molar-refractivity contribution in [3.05, 3.63) is 216 Å². The van der Waals surface area contributed by atoms with Gasteiger partial charge >= 0.3 is 0 Å². The molecule has 4 heteroatoms. The maximum absolute atomic E-state index is 7.14. The Morgan fingerprint density at radius 3 is 2.26 bits per heavy atom. The Bertz CT molecular complexity index is 2760. The van der Waals surface area contributed by atoms with E-state index in [1.54, 1.807) is 0 Å². The van der Waals surface area contributed by atoms with Gasteiger partial charge in [-0.25, -0.2) is 0 Å². The van der Waals surface area contributed by atoms with Crippen LogP contribution in [0.3, 0.4) is 0 Å². The van der Waals surface area contributed by atoms with Crippen molar-refractivity contribution in [2.45, 2.75) is 45.2 Å². The third-order valence-electron chi connectivity index (χ3n) is 11.3. The number of hydrogen-bond donors (Lipinski definition) is 2. The summed E-state index contributed by atoms with van der Waals surface area (Å²) in [4.78, 5) is 0. The predicted molar refractivity (Wildman–Crippen MR) is 241 cm³/mol. The minimum absolute atomic E-state index is 0.203. The highest BCUT2D eigenvalue weighted by molar-refractivity contribution is 5.91. The summed E-state index contributed by atoms with van der Waals surface area (Å²) in [6, 6.07) is 56.6. The van der Waals surface area contributed by atoms with Crippen molar-refractivity contribution in [3.8, 4) is 22.5 Å². The lowest BCUT2D eigenvalue weighted by molar-refractivity contribution is 0.620. The van der Waals surface area contributed by atoms with Crippen molar-refractivity contribution in [2.75, 3.05) is 0 Å². The van der Waals surface area contributed by atoms with Crippen LogP contribution in [-0.2, 0) is 19.4 Å². The van der Waals surface area contributed by atoms with E-state index in [0.29, 0.717) is 6.54 Å². The second-order valence-corrected chi connectivity index (χ2v) is 15.0. The van der Waals surface area contributed by atoms with Gasteiger partial charge in [0.15, 0.2) is 0 Å². The first-order valence-electron chi connectivity index (χ1n) is 20.2. The fourth-order valence-corrected chi connectivity index (χ4v) is 8.50. The molecule has 0 amide bonds. The molecule has 3 N–H and O–H groups in total. The Morgan fingerprint density at radius 1 is 0.719 bits per heavy atom. The van der Waals surface area contributed by atoms with Gasteiger partial charge in [0.2, 0.25) is 0 Å². The second kappa shape index (κ2) is 16.2. The van der Waals surface area contributed by atoms with E-state index < -0.39 is 0 Å². The molecule has 1 aliphatic rings. The topological polar surface area (TPSA) is 47.9 Å². The highest BCUT2D eigenvalue weighted by Crippen LogP contribution is 2.37. The van der Waals surface area contributed by atoms with Crippen LogP contribution in [0.4, 0.5) is 0 Å². The van der Waals surface area contributed by atoms with E-state index in [1.807, 2.05) is 0 Å². The molecule has 1 unspecified atom stereocenters. The summed E-state index contributed by atoms with van der Waals surface area (Å²) in [6.07, 6.45) is 15.3. The molecule has 9 rings (SSSR count). The van der Waals surface area contributed by atoms with Gasteiger partial charge in [-0.2, -0.15) is 0 Å². The molecule has 1 aliphatic carbocycles. The minimum Gasteiger partial charge on any atom is -0.398 e. The Kier molecular flexibility index (Phi) is 10.3. The first-order valence-corrected chi connectivity index (χ1v) is 20.2. The number of hydrogen-bond acceptors (Lipinski definition) is 2. The van der Waals surface area contributed by atoms with Gasteiger partial charge in [0.1, 0.15) is 0 Å². The molecule has 0 radical (unpaired) electrons. The summed E-state index contributed by atoms with van der Waals surface area (Å²) in [7, 11) is 0. The van der Waals surface area contributed by atoms with Gasteiger partial charge in [-0.15, -0.1) is 0 Å². The van der Waals surface area contributed by atoms with Gasteiger partial charge in [-0.3, -0.25) is 0 Å². The van der Waals surface area contributed by atoms with E-state index in [2.05, 4.69) is 209 Å². The maximum Gasteiger partial charge on any atom is 0.0537 e. The molecule has 4 nitrogen and oxygen atoms in total. The van der Waals surface area contributed by atoms with Crippen molar-refractivity contribution < 1.29 is 0 Å². The average Bonchev–Trinajstić information content (AvgIpc) is 3.81. The zero-order chi connectivity index (χ0) is 38.6. The number of nitrogens with two attached hydrogens (primary N) is 1. The number of nitrogens with zero attached hydrogens (tertiary/aromatic N) is 2. The molecule has 0 fully saturated rings. The molecule has 6 aromatic carbocycles. The van der Waals surface area contributed by atoms with Gasteiger partial charge in [0, 0.05) is 45.8 Å². The molecule has 1 atom stereocenters. The molecule has 2 aromatic heterocycles. The number of allylic oxidation sites excluding steroid dienone is 3. The average molecular weight is 741 g/mol. The van der Waals surface area contributed by atoms with E-state index in [-0.39, 0.29) is 6.04 Å². The Hall–Kier alpha value is -6.62. The molecule has 2 heterocycles. The number of benzene rings is 6. The number of para-hydroxylation sites is 2. The van der Waals surface area contributed by atoms with Crippen LogP contribution in [0.15, 0.2) is 182 Å². The summed E-state index contributed by atoms with van der Waals surface area (Å²) >= 11 is 0. The summed E-state index contributed by atoms with van der Waals surface area (Å²) in [5.41, 5.74) is 22.2. The van der Waals surface area contributed by atoms with Crippen LogP contribution in [0.25, 0.3) is 56.1 Å². The third-order valence-corrected chi connectivity index (χ3v) is 11.3. The number of rotatable bonds is 12. The fourth-order valence-electron chi connectivity index (χ4n) is 8.50. The lowest BCUT2D eigenvalue weighted by atomic mass is 9.98. The van der Waals surface area contributed by atoms with Crippen molar-refractivity contribution in [1.82, 2.24) is 14.5 Å². The van der Waals surface area contributed by atoms with Gasteiger partial charge in [-0.1, -0.05) is 133 Å². The van der Waals surface area contributed by atoms with Crippen LogP contribution in [-0.4, -0.2) is 9.13 Å². The summed E-state index contributed by atoms with van der Waals surface area (Å²) in [5, 5.41) is 6.51. The first-order chi connectivity index (χ1) is 28.1. The number of fused-ring (bicyclic) bond motifs is 4. The van der Waals surface area contributed by atoms with Gasteiger partial charge < -0.3 is 20.2 Å². The summed E-state index contributed by atoms with van der Waals surface area (Å²) < 4.78 is 4.95. The highest BCUT2D eigenvalue weighted by Gasteiger charge is 2.22. The van der Waals surface area contributed by atoms with Crippen LogP contribution >= 0.6 is 0 Å². The van der Waals surface area contributed by atoms with Crippen LogP contribution in [0, 0.1) is 0 Å². The van der Waals surface area contributed by atoms with E-state index >= 15 is 0 Å². The number of aryl methyl sites for hydroxylation is 2. The van der Waals surface area contributed by atoms with E-state index in [9.17, 15) is 0 Å². The SMILES string of the molecule is C/C=C\CCc1cc2ccccc2n1-c1cc(C(/C=C(\N)c2cccc(-c3ccccc3)c2)NCc2ccccc2)cc(-n2c3c(c4ccccc42)CCC=C3)c1. The molecule has 57 heavy (non-hydrogen) atoms. The summed E-state index contributed by atoms with van der Waals surface area (Å²) in [5.74, 6) is 0. The quantitative estimate of drug-likeness (QED) is 0.123. The van der Waals surface area contributed by atoms with E-state index in [1.165, 1.54) is 49.9 Å². The fraction of sp³-hybridized carbons (Fsp3) is 0.132. The van der Waals surface area contributed by atoms with Crippen molar-refractivity contribution in [3.63, 3.8) is 0 Å². The van der Waals surface area contributed by atoms with Gasteiger partial charge in [0.05, 0.1) is 17.1 Å². The minimum atomic E-state index is -0.203. The molecule has 0 spiro atoms. The largest absolute Gasteiger partial charge is 0.398 e. The first kappa shape index (κ1) is 36.0. The van der Waals surface area contributed by atoms with Gasteiger partial charge in [-0.05, 0) is 121 Å². The van der Waals surface area contributed by atoms with Crippen LogP contribution < -0.4 is 11.1 Å². The smallest absolute Gasteiger partial charge is 0.0537 e. The molecule has 0 saturated heterocycles. The number of aromatic nitrogens is 2. The standard InChI is InChI=1S/C53H48N4/c1-2-3-6-25-44-32-42-22-11-14-28-51(42)56(44)45-33-43(34-46(35-45)57-52-29-15-12-26-47(52)48-27-13-16-30-53(48)57)50(55-37-38-18-7-4-8-19-38)36-49(54)41-24-17-23-40(31-41)39-20-9-5-10-21-39/h2-5,7-12,14-24,26,28-36,50,55H,6,13,25,27,37,54H2,1H3/b3-2-,49-36-. The lowest BCUT2D eigenvalue weighted by Gasteiger charge is -2.22. The highest BCUT2D eigenvalue weighted by atomic mass is 15.0. The lowest BCUT2D eigenvalue weighted by Crippen LogP contribution is -2.21. The second-order valence-electron chi connectivity index (χ2n) is 15.0. The van der Waals surface area contributed by atoms with Crippen molar-refractivity contribution in [1.29, 1.82) is 0 Å². The zero-order valence-corrected chi connectivity index (χ0v) is 32.5. The molecule has 8 aromatic rings. The Balaban J connectivity index is 1.26. The van der Waals surface area contributed by atoms with Gasteiger partial charge in [0.25, 0.3) is 0 Å². The molecule has 280 valence electrons. The monoisotopic (exact) mass is 740 g/mol. The summed E-state index contributed by atoms with van der Waals surface area (Å²) in [6.45, 7) is 2.78. The third kappa shape index (κ3) is 7.40.